The number of hydrogen-bond donors (Lipinski definition) is 1. The number of nitro groups is 1. The first-order valence-electron chi connectivity index (χ1n) is 7.91. The summed E-state index contributed by atoms with van der Waals surface area (Å²) in [6.07, 6.45) is 0. The Morgan fingerprint density at radius 3 is 1.97 bits per heavy atom. The average molecular weight is 451 g/mol. The zero-order chi connectivity index (χ0) is 22.7. The molecule has 30 heavy (non-hydrogen) atoms. The lowest BCUT2D eigenvalue weighted by atomic mass is 10.1. The van der Waals surface area contributed by atoms with Crippen LogP contribution < -0.4 is 0 Å². The van der Waals surface area contributed by atoms with Crippen molar-refractivity contribution in [1.29, 1.82) is 5.39 Å². The van der Waals surface area contributed by atoms with E-state index in [4.69, 9.17) is 9.95 Å². The molecular formula is C17H13N3O8S2. The van der Waals surface area contributed by atoms with Gasteiger partial charge in [0.15, 0.2) is 4.98 Å². The van der Waals surface area contributed by atoms with Gasteiger partial charge in [-0.05, 0) is 25.1 Å². The van der Waals surface area contributed by atoms with Crippen molar-refractivity contribution in [2.24, 2.45) is 0 Å². The fraction of sp³-hybridized carbons (Fsp3) is 0.0588. The van der Waals surface area contributed by atoms with Crippen molar-refractivity contribution in [2.75, 3.05) is 0 Å². The summed E-state index contributed by atoms with van der Waals surface area (Å²) in [6, 6.07) is 11.4. The lowest BCUT2D eigenvalue weighted by molar-refractivity contribution is -0.384. The van der Waals surface area contributed by atoms with Crippen molar-refractivity contribution in [2.45, 2.75) is 16.7 Å². The molecule has 0 amide bonds. The summed E-state index contributed by atoms with van der Waals surface area (Å²) in [6.45, 7) is 1.71. The molecule has 0 bridgehead atoms. The topological polar surface area (TPSA) is 183 Å². The summed E-state index contributed by atoms with van der Waals surface area (Å²) in [7, 11) is -9.21. The molecule has 1 N–H and O–H groups in total. The zero-order valence-corrected chi connectivity index (χ0v) is 16.8. The van der Waals surface area contributed by atoms with E-state index in [1.807, 2.05) is 0 Å². The highest BCUT2D eigenvalue weighted by atomic mass is 32.2. The van der Waals surface area contributed by atoms with Crippen LogP contribution in [0.2, 0.25) is 0 Å². The van der Waals surface area contributed by atoms with Crippen LogP contribution in [0, 0.1) is 22.4 Å². The Kier molecular flexibility index (Phi) is 6.48. The van der Waals surface area contributed by atoms with Crippen molar-refractivity contribution in [3.8, 4) is 0 Å². The molecule has 3 rings (SSSR count). The van der Waals surface area contributed by atoms with Crippen LogP contribution in [0.25, 0.3) is 15.7 Å². The Morgan fingerprint density at radius 1 is 0.967 bits per heavy atom. The van der Waals surface area contributed by atoms with Crippen LogP contribution in [0.4, 0.5) is 11.4 Å². The summed E-state index contributed by atoms with van der Waals surface area (Å²) < 4.78 is 64.4. The van der Waals surface area contributed by atoms with Crippen molar-refractivity contribution < 1.29 is 30.9 Å². The third-order valence-corrected chi connectivity index (χ3v) is 5.71. The first-order chi connectivity index (χ1) is 13.9. The molecule has 3 aromatic carbocycles. The maximum atomic E-state index is 11.1. The van der Waals surface area contributed by atoms with Crippen LogP contribution in [-0.4, -0.2) is 30.9 Å². The van der Waals surface area contributed by atoms with E-state index in [0.29, 0.717) is 5.56 Å². The number of nitrogens with zero attached hydrogens (tertiary/aromatic N) is 3. The van der Waals surface area contributed by atoms with Gasteiger partial charge in [0.1, 0.15) is 21.1 Å². The second kappa shape index (κ2) is 8.51. The van der Waals surface area contributed by atoms with Gasteiger partial charge in [-0.3, -0.25) is 14.7 Å². The Labute approximate surface area is 170 Å². The van der Waals surface area contributed by atoms with E-state index in [1.54, 1.807) is 6.92 Å². The molecule has 0 radical (unpaired) electrons. The Hall–Kier alpha value is -3.44. The second-order valence-corrected chi connectivity index (χ2v) is 8.60. The molecule has 3 aromatic rings. The molecule has 0 aromatic heterocycles. The summed E-state index contributed by atoms with van der Waals surface area (Å²) in [5, 5.41) is 18.6. The van der Waals surface area contributed by atoms with Gasteiger partial charge in [-0.25, -0.2) is 8.42 Å². The van der Waals surface area contributed by atoms with Gasteiger partial charge in [-0.1, -0.05) is 24.3 Å². The van der Waals surface area contributed by atoms with Crippen LogP contribution in [0.5, 0.6) is 0 Å². The van der Waals surface area contributed by atoms with Gasteiger partial charge in [0.05, 0.1) is 9.82 Å². The molecule has 0 unspecified atom stereocenters. The Balaban J connectivity index is 0.000000232. The van der Waals surface area contributed by atoms with E-state index >= 15 is 0 Å². The van der Waals surface area contributed by atoms with Gasteiger partial charge in [0.25, 0.3) is 15.8 Å². The third kappa shape index (κ3) is 5.13. The van der Waals surface area contributed by atoms with E-state index in [2.05, 4.69) is 4.98 Å². The zero-order valence-electron chi connectivity index (χ0n) is 15.2. The van der Waals surface area contributed by atoms with Crippen LogP contribution in [-0.2, 0) is 20.2 Å². The minimum Gasteiger partial charge on any atom is -0.744 e. The quantitative estimate of drug-likeness (QED) is 0.270. The number of rotatable bonds is 3. The average Bonchev–Trinajstić information content (AvgIpc) is 2.66. The smallest absolute Gasteiger partial charge is 0.394 e. The fourth-order valence-corrected chi connectivity index (χ4v) is 3.91. The molecule has 0 saturated heterocycles. The largest absolute Gasteiger partial charge is 0.744 e. The van der Waals surface area contributed by atoms with E-state index in [-0.39, 0.29) is 22.1 Å². The number of non-ortho nitro benzene ring substituents is 1. The SMILES string of the molecule is Cc1ccc([N+](=O)[O-])cc1[N+]#N.O=S(=O)([O-])c1cccc2c(S(=O)(=O)O)cccc12. The number of hydrogen-bond acceptors (Lipinski definition) is 8. The number of benzene rings is 3. The second-order valence-electron chi connectivity index (χ2n) is 5.86. The minimum absolute atomic E-state index is 0.0167. The molecule has 13 heteroatoms. The highest BCUT2D eigenvalue weighted by Crippen LogP contribution is 2.28. The molecule has 11 nitrogen and oxygen atoms in total. The molecule has 0 spiro atoms. The summed E-state index contributed by atoms with van der Waals surface area (Å²) in [5.41, 5.74) is 0.848. The van der Waals surface area contributed by atoms with Crippen LogP contribution in [0.15, 0.2) is 64.4 Å². The van der Waals surface area contributed by atoms with Crippen molar-refractivity contribution in [3.05, 3.63) is 75.3 Å². The van der Waals surface area contributed by atoms with E-state index in [1.165, 1.54) is 42.5 Å². The predicted octanol–water partition coefficient (Wildman–Crippen LogP) is 3.38. The van der Waals surface area contributed by atoms with E-state index in [0.717, 1.165) is 12.1 Å². The van der Waals surface area contributed by atoms with E-state index in [9.17, 15) is 31.5 Å². The maximum absolute atomic E-state index is 11.1. The molecule has 0 aliphatic rings. The first-order valence-corrected chi connectivity index (χ1v) is 10.8. The van der Waals surface area contributed by atoms with Crippen LogP contribution in [0.3, 0.4) is 0 Å². The molecular weight excluding hydrogens is 438 g/mol. The van der Waals surface area contributed by atoms with Gasteiger partial charge in [-0.2, -0.15) is 8.42 Å². The predicted molar refractivity (Wildman–Crippen MR) is 104 cm³/mol. The molecule has 0 fully saturated rings. The van der Waals surface area contributed by atoms with E-state index < -0.39 is 35.0 Å². The first kappa shape index (κ1) is 22.8. The van der Waals surface area contributed by atoms with Crippen LogP contribution in [0.1, 0.15) is 5.56 Å². The lowest BCUT2D eigenvalue weighted by Crippen LogP contribution is -2.02. The van der Waals surface area contributed by atoms with Crippen molar-refractivity contribution >= 4 is 42.4 Å². The van der Waals surface area contributed by atoms with Gasteiger partial charge < -0.3 is 4.55 Å². The van der Waals surface area contributed by atoms with Crippen molar-refractivity contribution in [1.82, 2.24) is 0 Å². The molecule has 0 heterocycles. The van der Waals surface area contributed by atoms with Gasteiger partial charge in [0.2, 0.25) is 5.39 Å². The Bertz CT molecular complexity index is 1320. The molecule has 0 aliphatic carbocycles. The highest BCUT2D eigenvalue weighted by Gasteiger charge is 2.17. The van der Waals surface area contributed by atoms with Crippen molar-refractivity contribution in [3.63, 3.8) is 0 Å². The van der Waals surface area contributed by atoms with Gasteiger partial charge >= 0.3 is 5.69 Å². The standard InChI is InChI=1S/C10H8O6S2.C7H6N3O2/c11-17(12,13)9-5-1-3-7-8(9)4-2-6-10(7)18(14,15)16;1-5-2-3-6(10(11)12)4-7(5)9-8/h1-6H,(H,11,12,13)(H,14,15,16);2-4H,1H3/q;+1/p-1. The number of aryl methyl sites for hydroxylation is 1. The number of nitro benzene ring substituents is 1. The molecule has 156 valence electrons. The number of diazo groups is 1. The summed E-state index contributed by atoms with van der Waals surface area (Å²) >= 11 is 0. The van der Waals surface area contributed by atoms with Gasteiger partial charge in [0, 0.05) is 22.4 Å². The molecule has 0 aliphatic heterocycles. The highest BCUT2D eigenvalue weighted by molar-refractivity contribution is 7.86. The maximum Gasteiger partial charge on any atom is 0.394 e. The summed E-state index contributed by atoms with van der Waals surface area (Å²) in [5.74, 6) is 0. The van der Waals surface area contributed by atoms with Crippen LogP contribution >= 0.6 is 0 Å². The normalized spacial score (nSPS) is 11.3. The molecule has 0 saturated carbocycles. The third-order valence-electron chi connectivity index (χ3n) is 3.90. The minimum atomic E-state index is -4.72. The monoisotopic (exact) mass is 451 g/mol. The van der Waals surface area contributed by atoms with Gasteiger partial charge in [-0.15, -0.1) is 0 Å². The molecule has 0 atom stereocenters. The number of fused-ring (bicyclic) bond motifs is 1. The summed E-state index contributed by atoms with van der Waals surface area (Å²) in [4.78, 5) is 11.7. The lowest BCUT2D eigenvalue weighted by Gasteiger charge is -2.11. The fourth-order valence-electron chi connectivity index (χ4n) is 2.51. The Morgan fingerprint density at radius 2 is 1.50 bits per heavy atom.